The monoisotopic (exact) mass is 407 g/mol. The molecule has 2 rings (SSSR count). The highest BCUT2D eigenvalue weighted by atomic mass is 79.9. The van der Waals surface area contributed by atoms with Gasteiger partial charge in [-0.15, -0.1) is 0 Å². The molecule has 2 aromatic carbocycles. The van der Waals surface area contributed by atoms with Crippen molar-refractivity contribution >= 4 is 50.7 Å². The summed E-state index contributed by atoms with van der Waals surface area (Å²) in [6.45, 7) is 0.243. The Labute approximate surface area is 146 Å². The van der Waals surface area contributed by atoms with E-state index in [1.54, 1.807) is 30.3 Å². The highest BCUT2D eigenvalue weighted by Gasteiger charge is 2.24. The molecule has 0 aliphatic carbocycles. The molecule has 0 fully saturated rings. The number of rotatable bonds is 4. The molecule has 0 aromatic heterocycles. The number of aliphatic hydroxyl groups is 1. The first-order chi connectivity index (χ1) is 9.92. The van der Waals surface area contributed by atoms with Crippen molar-refractivity contribution in [1.29, 1.82) is 0 Å². The standard InChI is InChI=1S/C15H13BrCl3NO/c16-9-3-8(4-11(18)5-9)15(21)13(7-20)12-2-1-10(17)6-14(12)19/h1-6,13,15,21H,7,20H2. The average Bonchev–Trinajstić information content (AvgIpc) is 2.40. The van der Waals surface area contributed by atoms with Gasteiger partial charge >= 0.3 is 0 Å². The van der Waals surface area contributed by atoms with Crippen molar-refractivity contribution in [3.8, 4) is 0 Å². The van der Waals surface area contributed by atoms with Gasteiger partial charge in [-0.25, -0.2) is 0 Å². The van der Waals surface area contributed by atoms with Crippen molar-refractivity contribution in [3.05, 3.63) is 67.1 Å². The zero-order valence-corrected chi connectivity index (χ0v) is 14.7. The molecule has 0 heterocycles. The van der Waals surface area contributed by atoms with E-state index < -0.39 is 6.10 Å². The number of nitrogens with two attached hydrogens (primary N) is 1. The predicted octanol–water partition coefficient (Wildman–Crippen LogP) is 5.19. The van der Waals surface area contributed by atoms with Crippen LogP contribution in [0.2, 0.25) is 15.1 Å². The van der Waals surface area contributed by atoms with Crippen LogP contribution in [0.1, 0.15) is 23.1 Å². The van der Waals surface area contributed by atoms with E-state index in [9.17, 15) is 5.11 Å². The summed E-state index contributed by atoms with van der Waals surface area (Å²) >= 11 is 21.5. The molecule has 0 aliphatic rings. The third kappa shape index (κ3) is 4.13. The van der Waals surface area contributed by atoms with Gasteiger partial charge < -0.3 is 10.8 Å². The van der Waals surface area contributed by atoms with Crippen molar-refractivity contribution in [2.45, 2.75) is 12.0 Å². The molecular formula is C15H13BrCl3NO. The minimum atomic E-state index is -0.816. The van der Waals surface area contributed by atoms with Crippen molar-refractivity contribution in [3.63, 3.8) is 0 Å². The summed E-state index contributed by atoms with van der Waals surface area (Å²) in [4.78, 5) is 0. The largest absolute Gasteiger partial charge is 0.388 e. The summed E-state index contributed by atoms with van der Waals surface area (Å²) in [5, 5.41) is 12.2. The van der Waals surface area contributed by atoms with Gasteiger partial charge in [-0.05, 0) is 41.5 Å². The van der Waals surface area contributed by atoms with Gasteiger partial charge in [-0.1, -0.05) is 56.8 Å². The first-order valence-electron chi connectivity index (χ1n) is 6.21. The van der Waals surface area contributed by atoms with Crippen molar-refractivity contribution in [2.75, 3.05) is 6.54 Å². The Morgan fingerprint density at radius 2 is 1.76 bits per heavy atom. The lowest BCUT2D eigenvalue weighted by atomic mass is 9.89. The molecule has 0 aliphatic heterocycles. The molecule has 0 saturated heterocycles. The molecule has 21 heavy (non-hydrogen) atoms. The van der Waals surface area contributed by atoms with E-state index in [1.807, 2.05) is 6.07 Å². The number of hydrogen-bond donors (Lipinski definition) is 2. The average molecular weight is 410 g/mol. The van der Waals surface area contributed by atoms with Crippen molar-refractivity contribution in [1.82, 2.24) is 0 Å². The molecule has 2 aromatic rings. The first kappa shape index (κ1) is 17.1. The molecule has 6 heteroatoms. The van der Waals surface area contributed by atoms with E-state index in [0.29, 0.717) is 20.6 Å². The van der Waals surface area contributed by atoms with Crippen LogP contribution in [0.25, 0.3) is 0 Å². The molecular weight excluding hydrogens is 396 g/mol. The van der Waals surface area contributed by atoms with Crippen molar-refractivity contribution in [2.24, 2.45) is 5.73 Å². The van der Waals surface area contributed by atoms with Gasteiger partial charge in [0.05, 0.1) is 6.10 Å². The highest BCUT2D eigenvalue weighted by molar-refractivity contribution is 9.10. The number of hydrogen-bond acceptors (Lipinski definition) is 2. The van der Waals surface area contributed by atoms with E-state index in [4.69, 9.17) is 40.5 Å². The summed E-state index contributed by atoms with van der Waals surface area (Å²) < 4.78 is 0.794. The van der Waals surface area contributed by atoms with Crippen LogP contribution in [-0.4, -0.2) is 11.7 Å². The summed E-state index contributed by atoms with van der Waals surface area (Å²) in [5.74, 6) is -0.347. The lowest BCUT2D eigenvalue weighted by Gasteiger charge is -2.23. The van der Waals surface area contributed by atoms with Gasteiger partial charge in [0.15, 0.2) is 0 Å². The molecule has 0 amide bonds. The quantitative estimate of drug-likeness (QED) is 0.730. The molecule has 0 saturated carbocycles. The Morgan fingerprint density at radius 1 is 1.05 bits per heavy atom. The Kier molecular flexibility index (Phi) is 5.95. The van der Waals surface area contributed by atoms with E-state index in [2.05, 4.69) is 15.9 Å². The Morgan fingerprint density at radius 3 is 2.33 bits per heavy atom. The second-order valence-electron chi connectivity index (χ2n) is 4.66. The Balaban J connectivity index is 2.40. The van der Waals surface area contributed by atoms with Gasteiger partial charge in [0.25, 0.3) is 0 Å². The Hall–Kier alpha value is -0.290. The van der Waals surface area contributed by atoms with Gasteiger partial charge in [0.2, 0.25) is 0 Å². The van der Waals surface area contributed by atoms with Crippen LogP contribution in [0.3, 0.4) is 0 Å². The lowest BCUT2D eigenvalue weighted by Crippen LogP contribution is -2.20. The molecule has 0 spiro atoms. The summed E-state index contributed by atoms with van der Waals surface area (Å²) in [7, 11) is 0. The number of aliphatic hydroxyl groups excluding tert-OH is 1. The fourth-order valence-corrected chi connectivity index (χ4v) is 3.64. The fourth-order valence-electron chi connectivity index (χ4n) is 2.21. The molecule has 112 valence electrons. The van der Waals surface area contributed by atoms with Gasteiger partial charge in [0.1, 0.15) is 0 Å². The van der Waals surface area contributed by atoms with Crippen LogP contribution in [-0.2, 0) is 0 Å². The molecule has 2 atom stereocenters. The van der Waals surface area contributed by atoms with Crippen LogP contribution in [0, 0.1) is 0 Å². The van der Waals surface area contributed by atoms with E-state index in [-0.39, 0.29) is 12.5 Å². The molecule has 0 radical (unpaired) electrons. The summed E-state index contributed by atoms with van der Waals surface area (Å²) in [6, 6.07) is 10.4. The third-order valence-electron chi connectivity index (χ3n) is 3.22. The van der Waals surface area contributed by atoms with E-state index >= 15 is 0 Å². The van der Waals surface area contributed by atoms with Crippen LogP contribution >= 0.6 is 50.7 Å². The minimum Gasteiger partial charge on any atom is -0.388 e. The highest BCUT2D eigenvalue weighted by Crippen LogP contribution is 2.36. The number of benzene rings is 2. The molecule has 2 nitrogen and oxygen atoms in total. The zero-order chi connectivity index (χ0) is 15.6. The van der Waals surface area contributed by atoms with E-state index in [0.717, 1.165) is 10.0 Å². The van der Waals surface area contributed by atoms with Gasteiger partial charge in [0, 0.05) is 32.0 Å². The van der Waals surface area contributed by atoms with Crippen LogP contribution < -0.4 is 5.73 Å². The number of halogens is 4. The SMILES string of the molecule is NCC(c1ccc(Cl)cc1Cl)C(O)c1cc(Cl)cc(Br)c1. The van der Waals surface area contributed by atoms with E-state index in [1.165, 1.54) is 0 Å². The maximum absolute atomic E-state index is 10.6. The molecule has 0 bridgehead atoms. The first-order valence-corrected chi connectivity index (χ1v) is 8.14. The molecule has 3 N–H and O–H groups in total. The Bertz CT molecular complexity index is 631. The summed E-state index contributed by atoms with van der Waals surface area (Å²) in [6.07, 6.45) is -0.816. The van der Waals surface area contributed by atoms with Crippen LogP contribution in [0.5, 0.6) is 0 Å². The molecule has 2 unspecified atom stereocenters. The summed E-state index contributed by atoms with van der Waals surface area (Å²) in [5.41, 5.74) is 7.26. The van der Waals surface area contributed by atoms with Crippen LogP contribution in [0.15, 0.2) is 40.9 Å². The third-order valence-corrected chi connectivity index (χ3v) is 4.46. The second-order valence-corrected chi connectivity index (χ2v) is 6.85. The van der Waals surface area contributed by atoms with Gasteiger partial charge in [-0.3, -0.25) is 0 Å². The maximum Gasteiger partial charge on any atom is 0.0872 e. The normalized spacial score (nSPS) is 14.0. The van der Waals surface area contributed by atoms with Crippen molar-refractivity contribution < 1.29 is 5.11 Å². The topological polar surface area (TPSA) is 46.2 Å². The lowest BCUT2D eigenvalue weighted by molar-refractivity contribution is 0.147. The van der Waals surface area contributed by atoms with Gasteiger partial charge in [-0.2, -0.15) is 0 Å². The fraction of sp³-hybridized carbons (Fsp3) is 0.200. The maximum atomic E-state index is 10.6. The minimum absolute atomic E-state index is 0.243. The predicted molar refractivity (Wildman–Crippen MR) is 92.4 cm³/mol. The zero-order valence-electron chi connectivity index (χ0n) is 10.9. The second kappa shape index (κ2) is 7.32. The smallest absolute Gasteiger partial charge is 0.0872 e. The van der Waals surface area contributed by atoms with Crippen LogP contribution in [0.4, 0.5) is 0 Å².